The van der Waals surface area contributed by atoms with Gasteiger partial charge in [0.2, 0.25) is 0 Å². The second kappa shape index (κ2) is 10.5. The Hall–Kier alpha value is -1.74. The largest absolute Gasteiger partial charge is 0.492 e. The van der Waals surface area contributed by atoms with Gasteiger partial charge in [-0.25, -0.2) is 0 Å². The van der Waals surface area contributed by atoms with Crippen molar-refractivity contribution < 1.29 is 13.2 Å². The maximum atomic E-state index is 12.7. The normalized spacial score (nSPS) is 16.0. The molecule has 9 heteroatoms. The van der Waals surface area contributed by atoms with Crippen LogP contribution in [-0.4, -0.2) is 69.0 Å². The van der Waals surface area contributed by atoms with Crippen LogP contribution >= 0.6 is 23.4 Å². The number of rotatable bonds is 6. The van der Waals surface area contributed by atoms with E-state index in [4.69, 9.17) is 16.3 Å². The predicted molar refractivity (Wildman–Crippen MR) is 124 cm³/mol. The smallest absolute Gasteiger partial charge is 0.284 e. The standard InChI is InChI=1S/C21H26ClN3O3S2/c1-17-3-9-20(10-4-17)30(26,27)23-21(29-2)25-13-11-24(12-14-25)15-16-28-19-7-5-18(22)6-8-19/h3-10H,11-16H2,1-2H3/b23-21+. The lowest BCUT2D eigenvalue weighted by Crippen LogP contribution is -2.49. The van der Waals surface area contributed by atoms with Crippen LogP contribution in [0.1, 0.15) is 5.56 Å². The highest BCUT2D eigenvalue weighted by molar-refractivity contribution is 8.13. The molecule has 0 spiro atoms. The van der Waals surface area contributed by atoms with Crippen LogP contribution in [0.3, 0.4) is 0 Å². The minimum absolute atomic E-state index is 0.220. The molecule has 1 saturated heterocycles. The summed E-state index contributed by atoms with van der Waals surface area (Å²) >= 11 is 7.24. The summed E-state index contributed by atoms with van der Waals surface area (Å²) in [7, 11) is -3.72. The van der Waals surface area contributed by atoms with Crippen molar-refractivity contribution in [1.29, 1.82) is 0 Å². The van der Waals surface area contributed by atoms with Crippen molar-refractivity contribution >= 4 is 38.6 Å². The van der Waals surface area contributed by atoms with Crippen LogP contribution in [-0.2, 0) is 10.0 Å². The van der Waals surface area contributed by atoms with E-state index in [0.717, 1.165) is 44.0 Å². The second-order valence-corrected chi connectivity index (χ2v) is 9.81. The summed E-state index contributed by atoms with van der Waals surface area (Å²) in [4.78, 5) is 4.56. The average molecular weight is 468 g/mol. The molecule has 1 aliphatic rings. The average Bonchev–Trinajstić information content (AvgIpc) is 2.74. The lowest BCUT2D eigenvalue weighted by Gasteiger charge is -2.35. The molecule has 2 aromatic rings. The van der Waals surface area contributed by atoms with Crippen LogP contribution in [0.2, 0.25) is 5.02 Å². The number of ether oxygens (including phenoxy) is 1. The third-order valence-electron chi connectivity index (χ3n) is 4.83. The first-order chi connectivity index (χ1) is 14.4. The Bertz CT molecular complexity index is 956. The molecule has 1 fully saturated rings. The molecule has 1 aliphatic heterocycles. The molecular weight excluding hydrogens is 442 g/mol. The summed E-state index contributed by atoms with van der Waals surface area (Å²) in [6, 6.07) is 14.1. The van der Waals surface area contributed by atoms with Gasteiger partial charge in [0, 0.05) is 37.7 Å². The van der Waals surface area contributed by atoms with E-state index in [9.17, 15) is 8.42 Å². The summed E-state index contributed by atoms with van der Waals surface area (Å²) in [5, 5.41) is 1.22. The fourth-order valence-corrected chi connectivity index (χ4v) is 5.14. The van der Waals surface area contributed by atoms with Crippen LogP contribution in [0.5, 0.6) is 5.75 Å². The lowest BCUT2D eigenvalue weighted by molar-refractivity contribution is 0.155. The molecule has 162 valence electrons. The van der Waals surface area contributed by atoms with Gasteiger partial charge in [0.1, 0.15) is 12.4 Å². The Morgan fingerprint density at radius 3 is 2.30 bits per heavy atom. The zero-order chi connectivity index (χ0) is 21.6. The van der Waals surface area contributed by atoms with Crippen LogP contribution in [0, 0.1) is 6.92 Å². The van der Waals surface area contributed by atoms with Gasteiger partial charge in [0.15, 0.2) is 5.17 Å². The Kier molecular flexibility index (Phi) is 8.05. The number of amidine groups is 1. The van der Waals surface area contributed by atoms with Crippen molar-refractivity contribution in [2.75, 3.05) is 45.6 Å². The highest BCUT2D eigenvalue weighted by Gasteiger charge is 2.22. The van der Waals surface area contributed by atoms with Crippen molar-refractivity contribution in [3.63, 3.8) is 0 Å². The van der Waals surface area contributed by atoms with Gasteiger partial charge < -0.3 is 9.64 Å². The van der Waals surface area contributed by atoms with E-state index in [0.29, 0.717) is 16.8 Å². The molecule has 2 aromatic carbocycles. The summed E-state index contributed by atoms with van der Waals surface area (Å²) in [6.07, 6.45) is 1.86. The third-order valence-corrected chi connectivity index (χ3v) is 7.20. The second-order valence-electron chi connectivity index (χ2n) is 7.00. The summed E-state index contributed by atoms with van der Waals surface area (Å²) in [5.41, 5.74) is 1.01. The number of nitrogens with zero attached hydrogens (tertiary/aromatic N) is 3. The van der Waals surface area contributed by atoms with Gasteiger partial charge in [0.25, 0.3) is 10.0 Å². The highest BCUT2D eigenvalue weighted by Crippen LogP contribution is 2.18. The first-order valence-electron chi connectivity index (χ1n) is 9.69. The molecule has 0 atom stereocenters. The van der Waals surface area contributed by atoms with Gasteiger partial charge >= 0.3 is 0 Å². The lowest BCUT2D eigenvalue weighted by atomic mass is 10.2. The van der Waals surface area contributed by atoms with E-state index in [1.807, 2.05) is 42.3 Å². The Labute approximate surface area is 187 Å². The highest BCUT2D eigenvalue weighted by atomic mass is 35.5. The third kappa shape index (κ3) is 6.38. The van der Waals surface area contributed by atoms with Crippen LogP contribution in [0.25, 0.3) is 0 Å². The molecule has 1 heterocycles. The number of halogens is 1. The van der Waals surface area contributed by atoms with E-state index in [-0.39, 0.29) is 4.90 Å². The SMILES string of the molecule is CS/C(=N/S(=O)(=O)c1ccc(C)cc1)N1CCN(CCOc2ccc(Cl)cc2)CC1. The maximum absolute atomic E-state index is 12.7. The predicted octanol–water partition coefficient (Wildman–Crippen LogP) is 3.75. The Morgan fingerprint density at radius 2 is 1.70 bits per heavy atom. The molecule has 0 amide bonds. The first kappa shape index (κ1) is 22.9. The van der Waals surface area contributed by atoms with Crippen molar-refractivity contribution in [1.82, 2.24) is 9.80 Å². The zero-order valence-corrected chi connectivity index (χ0v) is 19.5. The van der Waals surface area contributed by atoms with E-state index in [2.05, 4.69) is 9.30 Å². The van der Waals surface area contributed by atoms with Crippen LogP contribution in [0.4, 0.5) is 0 Å². The number of hydrogen-bond acceptors (Lipinski definition) is 5. The van der Waals surface area contributed by atoms with E-state index in [1.54, 1.807) is 24.3 Å². The molecule has 30 heavy (non-hydrogen) atoms. The number of hydrogen-bond donors (Lipinski definition) is 0. The number of sulfonamides is 1. The Balaban J connectivity index is 1.52. The zero-order valence-electron chi connectivity index (χ0n) is 17.1. The summed E-state index contributed by atoms with van der Waals surface area (Å²) < 4.78 is 35.2. The molecule has 3 rings (SSSR count). The quantitative estimate of drug-likeness (QED) is 0.476. The van der Waals surface area contributed by atoms with Crippen molar-refractivity contribution in [2.24, 2.45) is 4.40 Å². The molecule has 0 unspecified atom stereocenters. The van der Waals surface area contributed by atoms with E-state index in [1.165, 1.54) is 11.8 Å². The monoisotopic (exact) mass is 467 g/mol. The molecule has 0 N–H and O–H groups in total. The van der Waals surface area contributed by atoms with Crippen molar-refractivity contribution in [3.8, 4) is 5.75 Å². The maximum Gasteiger partial charge on any atom is 0.284 e. The van der Waals surface area contributed by atoms with Crippen LogP contribution in [0.15, 0.2) is 57.8 Å². The van der Waals surface area contributed by atoms with Crippen LogP contribution < -0.4 is 4.74 Å². The van der Waals surface area contributed by atoms with Gasteiger partial charge in [-0.15, -0.1) is 4.40 Å². The van der Waals surface area contributed by atoms with E-state index < -0.39 is 10.0 Å². The van der Waals surface area contributed by atoms with Gasteiger partial charge in [-0.3, -0.25) is 4.90 Å². The van der Waals surface area contributed by atoms with Crippen molar-refractivity contribution in [2.45, 2.75) is 11.8 Å². The molecule has 0 bridgehead atoms. The Morgan fingerprint density at radius 1 is 1.07 bits per heavy atom. The van der Waals surface area contributed by atoms with Gasteiger partial charge in [0.05, 0.1) is 4.90 Å². The first-order valence-corrected chi connectivity index (χ1v) is 12.7. The molecular formula is C21H26ClN3O3S2. The number of thioether (sulfide) groups is 1. The summed E-state index contributed by atoms with van der Waals surface area (Å²) in [6.45, 7) is 6.43. The molecule has 0 aromatic heterocycles. The van der Waals surface area contributed by atoms with E-state index >= 15 is 0 Å². The number of piperazine rings is 1. The fourth-order valence-electron chi connectivity index (χ4n) is 3.08. The topological polar surface area (TPSA) is 62.2 Å². The minimum Gasteiger partial charge on any atom is -0.492 e. The molecule has 0 radical (unpaired) electrons. The number of benzene rings is 2. The van der Waals surface area contributed by atoms with Crippen molar-refractivity contribution in [3.05, 3.63) is 59.1 Å². The summed E-state index contributed by atoms with van der Waals surface area (Å²) in [5.74, 6) is 0.802. The minimum atomic E-state index is -3.72. The molecule has 0 saturated carbocycles. The van der Waals surface area contributed by atoms with Gasteiger partial charge in [-0.1, -0.05) is 41.1 Å². The molecule has 6 nitrogen and oxygen atoms in total. The molecule has 0 aliphatic carbocycles. The number of aryl methyl sites for hydroxylation is 1. The van der Waals surface area contributed by atoms with Gasteiger partial charge in [-0.05, 0) is 49.6 Å². The van der Waals surface area contributed by atoms with Gasteiger partial charge in [-0.2, -0.15) is 8.42 Å². The fraction of sp³-hybridized carbons (Fsp3) is 0.381.